The van der Waals surface area contributed by atoms with E-state index in [1.165, 1.54) is 30.4 Å². The van der Waals surface area contributed by atoms with E-state index >= 15 is 0 Å². The van der Waals surface area contributed by atoms with E-state index in [0.29, 0.717) is 5.92 Å². The van der Waals surface area contributed by atoms with Gasteiger partial charge in [0.25, 0.3) is 0 Å². The summed E-state index contributed by atoms with van der Waals surface area (Å²) in [5.74, 6) is 1.46. The molecular formula is C16H22N4. The Hall–Kier alpha value is -1.68. The molecule has 1 aromatic heterocycles. The van der Waals surface area contributed by atoms with E-state index in [1.807, 2.05) is 11.0 Å². The molecule has 1 N–H and O–H groups in total. The van der Waals surface area contributed by atoms with Crippen LogP contribution < -0.4 is 5.32 Å². The molecule has 106 valence electrons. The number of hydrogen-bond acceptors (Lipinski definition) is 3. The van der Waals surface area contributed by atoms with E-state index in [1.54, 1.807) is 0 Å². The highest BCUT2D eigenvalue weighted by Crippen LogP contribution is 2.32. The molecule has 0 bridgehead atoms. The molecule has 1 aliphatic rings. The predicted molar refractivity (Wildman–Crippen MR) is 79.5 cm³/mol. The van der Waals surface area contributed by atoms with Crippen LogP contribution in [-0.2, 0) is 19.5 Å². The van der Waals surface area contributed by atoms with E-state index in [4.69, 9.17) is 0 Å². The second-order valence-corrected chi connectivity index (χ2v) is 5.45. The van der Waals surface area contributed by atoms with Gasteiger partial charge in [0.05, 0.1) is 6.54 Å². The molecule has 2 aromatic rings. The Balaban J connectivity index is 1.71. The minimum atomic E-state index is 0.577. The van der Waals surface area contributed by atoms with Crippen molar-refractivity contribution in [2.45, 2.75) is 45.2 Å². The molecule has 20 heavy (non-hydrogen) atoms. The van der Waals surface area contributed by atoms with Crippen LogP contribution in [-0.4, -0.2) is 21.3 Å². The number of aromatic nitrogens is 3. The largest absolute Gasteiger partial charge is 0.310 e. The molecule has 0 amide bonds. The standard InChI is InChI=1S/C16H22N4/c1-2-17-10-16-18-12-20(19-16)11-14-8-5-7-13-6-3-4-9-15(13)14/h3-4,6,9,12,14,17H,2,5,7-8,10-11H2,1H3. The molecule has 0 saturated carbocycles. The topological polar surface area (TPSA) is 42.7 Å². The van der Waals surface area contributed by atoms with Crippen molar-refractivity contribution in [3.8, 4) is 0 Å². The molecule has 1 aromatic carbocycles. The molecule has 0 saturated heterocycles. The van der Waals surface area contributed by atoms with Crippen LogP contribution in [0.25, 0.3) is 0 Å². The molecular weight excluding hydrogens is 248 g/mol. The Labute approximate surface area is 120 Å². The first kappa shape index (κ1) is 13.3. The van der Waals surface area contributed by atoms with Gasteiger partial charge in [0, 0.05) is 12.5 Å². The van der Waals surface area contributed by atoms with Crippen LogP contribution in [0.15, 0.2) is 30.6 Å². The Morgan fingerprint density at radius 1 is 1.35 bits per heavy atom. The Morgan fingerprint density at radius 3 is 3.15 bits per heavy atom. The summed E-state index contributed by atoms with van der Waals surface area (Å²) in [6, 6.07) is 8.83. The van der Waals surface area contributed by atoms with Crippen molar-refractivity contribution in [1.29, 1.82) is 0 Å². The van der Waals surface area contributed by atoms with E-state index in [0.717, 1.165) is 25.5 Å². The number of fused-ring (bicyclic) bond motifs is 1. The summed E-state index contributed by atoms with van der Waals surface area (Å²) >= 11 is 0. The maximum absolute atomic E-state index is 4.56. The summed E-state index contributed by atoms with van der Waals surface area (Å²) in [6.45, 7) is 4.74. The van der Waals surface area contributed by atoms with Gasteiger partial charge < -0.3 is 5.32 Å². The lowest BCUT2D eigenvalue weighted by Gasteiger charge is -2.25. The van der Waals surface area contributed by atoms with E-state index in [9.17, 15) is 0 Å². The van der Waals surface area contributed by atoms with Gasteiger partial charge in [0.1, 0.15) is 6.33 Å². The molecule has 1 unspecified atom stereocenters. The highest BCUT2D eigenvalue weighted by molar-refractivity contribution is 5.32. The molecule has 4 nitrogen and oxygen atoms in total. The van der Waals surface area contributed by atoms with Gasteiger partial charge in [-0.2, -0.15) is 5.10 Å². The molecule has 3 rings (SSSR count). The minimum absolute atomic E-state index is 0.577. The molecule has 1 atom stereocenters. The van der Waals surface area contributed by atoms with E-state index in [2.05, 4.69) is 46.6 Å². The maximum atomic E-state index is 4.56. The summed E-state index contributed by atoms with van der Waals surface area (Å²) in [5, 5.41) is 7.82. The first-order chi connectivity index (χ1) is 9.86. The lowest BCUT2D eigenvalue weighted by atomic mass is 9.83. The third-order valence-electron chi connectivity index (χ3n) is 4.02. The first-order valence-electron chi connectivity index (χ1n) is 7.53. The van der Waals surface area contributed by atoms with Crippen LogP contribution in [0.3, 0.4) is 0 Å². The van der Waals surface area contributed by atoms with E-state index in [-0.39, 0.29) is 0 Å². The summed E-state index contributed by atoms with van der Waals surface area (Å²) in [4.78, 5) is 4.36. The number of nitrogens with zero attached hydrogens (tertiary/aromatic N) is 3. The van der Waals surface area contributed by atoms with Gasteiger partial charge in [-0.1, -0.05) is 31.2 Å². The minimum Gasteiger partial charge on any atom is -0.310 e. The lowest BCUT2D eigenvalue weighted by molar-refractivity contribution is 0.454. The summed E-state index contributed by atoms with van der Waals surface area (Å²) < 4.78 is 2.00. The van der Waals surface area contributed by atoms with Crippen LogP contribution in [0.5, 0.6) is 0 Å². The molecule has 1 heterocycles. The fourth-order valence-corrected chi connectivity index (χ4v) is 3.01. The summed E-state index contributed by atoms with van der Waals surface area (Å²) in [7, 11) is 0. The Morgan fingerprint density at radius 2 is 2.25 bits per heavy atom. The third kappa shape index (κ3) is 2.90. The van der Waals surface area contributed by atoms with Crippen molar-refractivity contribution >= 4 is 0 Å². The molecule has 4 heteroatoms. The molecule has 0 spiro atoms. The van der Waals surface area contributed by atoms with Crippen molar-refractivity contribution in [1.82, 2.24) is 20.1 Å². The maximum Gasteiger partial charge on any atom is 0.164 e. The van der Waals surface area contributed by atoms with E-state index < -0.39 is 0 Å². The smallest absolute Gasteiger partial charge is 0.164 e. The molecule has 0 fully saturated rings. The van der Waals surface area contributed by atoms with Crippen LogP contribution in [0.4, 0.5) is 0 Å². The van der Waals surface area contributed by atoms with Crippen LogP contribution >= 0.6 is 0 Å². The zero-order valence-corrected chi connectivity index (χ0v) is 12.0. The summed E-state index contributed by atoms with van der Waals surface area (Å²) in [5.41, 5.74) is 3.01. The first-order valence-corrected chi connectivity index (χ1v) is 7.53. The second-order valence-electron chi connectivity index (χ2n) is 5.45. The molecule has 0 radical (unpaired) electrons. The average molecular weight is 270 g/mol. The van der Waals surface area contributed by atoms with Crippen molar-refractivity contribution in [2.75, 3.05) is 6.54 Å². The number of benzene rings is 1. The fourth-order valence-electron chi connectivity index (χ4n) is 3.01. The van der Waals surface area contributed by atoms with Crippen molar-refractivity contribution < 1.29 is 0 Å². The van der Waals surface area contributed by atoms with Crippen molar-refractivity contribution in [3.05, 3.63) is 47.5 Å². The van der Waals surface area contributed by atoms with Crippen molar-refractivity contribution in [2.24, 2.45) is 0 Å². The highest BCUT2D eigenvalue weighted by atomic mass is 15.3. The Kier molecular flexibility index (Phi) is 4.11. The zero-order valence-electron chi connectivity index (χ0n) is 12.0. The number of hydrogen-bond donors (Lipinski definition) is 1. The van der Waals surface area contributed by atoms with Gasteiger partial charge in [-0.3, -0.25) is 4.68 Å². The van der Waals surface area contributed by atoms with Gasteiger partial charge in [-0.15, -0.1) is 0 Å². The Bertz CT molecular complexity index is 561. The van der Waals surface area contributed by atoms with Gasteiger partial charge >= 0.3 is 0 Å². The predicted octanol–water partition coefficient (Wildman–Crippen LogP) is 2.51. The van der Waals surface area contributed by atoms with Crippen molar-refractivity contribution in [3.63, 3.8) is 0 Å². The highest BCUT2D eigenvalue weighted by Gasteiger charge is 2.20. The number of rotatable bonds is 5. The van der Waals surface area contributed by atoms with Gasteiger partial charge in [-0.25, -0.2) is 4.98 Å². The average Bonchev–Trinajstić information content (AvgIpc) is 2.93. The SMILES string of the molecule is CCNCc1ncn(CC2CCCc3ccccc32)n1. The van der Waals surface area contributed by atoms with Crippen LogP contribution in [0.1, 0.15) is 42.6 Å². The summed E-state index contributed by atoms with van der Waals surface area (Å²) in [6.07, 6.45) is 5.61. The fraction of sp³-hybridized carbons (Fsp3) is 0.500. The van der Waals surface area contributed by atoms with Gasteiger partial charge in [-0.05, 0) is 36.9 Å². The van der Waals surface area contributed by atoms with Crippen LogP contribution in [0, 0.1) is 0 Å². The van der Waals surface area contributed by atoms with Gasteiger partial charge in [0.2, 0.25) is 0 Å². The quantitative estimate of drug-likeness (QED) is 0.907. The number of nitrogens with one attached hydrogen (secondary N) is 1. The van der Waals surface area contributed by atoms with Gasteiger partial charge in [0.15, 0.2) is 5.82 Å². The second kappa shape index (κ2) is 6.18. The normalized spacial score (nSPS) is 17.9. The monoisotopic (exact) mass is 270 g/mol. The molecule has 0 aliphatic heterocycles. The molecule has 1 aliphatic carbocycles. The number of aryl methyl sites for hydroxylation is 1. The van der Waals surface area contributed by atoms with Crippen LogP contribution in [0.2, 0.25) is 0 Å². The zero-order chi connectivity index (χ0) is 13.8. The third-order valence-corrected chi connectivity index (χ3v) is 4.02. The lowest BCUT2D eigenvalue weighted by Crippen LogP contribution is -2.17.